The van der Waals surface area contributed by atoms with Gasteiger partial charge >= 0.3 is 0 Å². The van der Waals surface area contributed by atoms with E-state index in [1.54, 1.807) is 91.0 Å². The molecule has 3 aliphatic heterocycles. The SMILES string of the molecule is CC#N.CCCCN(CCOCCOCCOCCN1C(=O)c2ccccc2C1=O)Cc1ccccc1.CCCCNCCOCCOCCOCCN1C(=O)c2ccccc2C1=O.CCCCNCc1ccccc1.CO.Cc1ccc(S(=O)(=O)OCCOCCOCCOCCN2C(=O)c3ccccc3C2=O)cc1. The van der Waals surface area contributed by atoms with Crippen LogP contribution in [-0.4, -0.2) is 254 Å². The highest BCUT2D eigenvalue weighted by atomic mass is 32.2. The highest BCUT2D eigenvalue weighted by Crippen LogP contribution is 2.25. The smallest absolute Gasteiger partial charge is 0.297 e. The fourth-order valence-electron chi connectivity index (χ4n) is 10.8. The number of carbonyl (C=O) groups excluding carboxylic acids is 6. The molecule has 3 heterocycles. The normalized spacial score (nSPS) is 12.5. The molecule has 6 aromatic carbocycles. The van der Waals surface area contributed by atoms with Crippen molar-refractivity contribution >= 4 is 45.6 Å². The molecule has 3 N–H and O–H groups in total. The van der Waals surface area contributed by atoms with Crippen LogP contribution >= 0.6 is 0 Å². The molecule has 0 aliphatic carbocycles. The van der Waals surface area contributed by atoms with Crippen LogP contribution in [0.4, 0.5) is 0 Å². The molecule has 26 nitrogen and oxygen atoms in total. The quantitative estimate of drug-likeness (QED) is 0.0182. The predicted molar refractivity (Wildman–Crippen MR) is 424 cm³/mol. The van der Waals surface area contributed by atoms with E-state index in [9.17, 15) is 37.2 Å². The average Bonchev–Trinajstić information content (AvgIpc) is 1.66. The number of unbranched alkanes of at least 4 members (excludes halogenated alkanes) is 3. The van der Waals surface area contributed by atoms with Gasteiger partial charge in [0.2, 0.25) is 0 Å². The van der Waals surface area contributed by atoms with Gasteiger partial charge in [0.1, 0.15) is 0 Å². The predicted octanol–water partition coefficient (Wildman–Crippen LogP) is 10.1. The van der Waals surface area contributed by atoms with E-state index in [2.05, 4.69) is 90.9 Å². The van der Waals surface area contributed by atoms with E-state index in [1.165, 1.54) is 83.4 Å². The lowest BCUT2D eigenvalue weighted by atomic mass is 10.1. The molecule has 0 radical (unpaired) electrons. The van der Waals surface area contributed by atoms with Crippen LogP contribution < -0.4 is 10.6 Å². The number of nitrogens with one attached hydrogen (secondary N) is 2. The number of ether oxygens (including phenoxy) is 9. The third kappa shape index (κ3) is 37.2. The number of amides is 6. The van der Waals surface area contributed by atoms with Crippen molar-refractivity contribution in [3.63, 3.8) is 0 Å². The van der Waals surface area contributed by atoms with Gasteiger partial charge in [-0.2, -0.15) is 13.7 Å². The molecule has 6 aromatic rings. The molecule has 6 amide bonds. The Kier molecular flexibility index (Phi) is 50.8. The van der Waals surface area contributed by atoms with Gasteiger partial charge in [-0.15, -0.1) is 0 Å². The van der Waals surface area contributed by atoms with Crippen molar-refractivity contribution in [1.29, 1.82) is 5.26 Å². The van der Waals surface area contributed by atoms with Gasteiger partial charge in [0.15, 0.2) is 0 Å². The number of fused-ring (bicyclic) bond motifs is 3. The first-order valence-electron chi connectivity index (χ1n) is 38.2. The highest BCUT2D eigenvalue weighted by Gasteiger charge is 2.37. The molecule has 27 heteroatoms. The molecule has 0 bridgehead atoms. The van der Waals surface area contributed by atoms with Gasteiger partial charge in [0, 0.05) is 40.2 Å². The Morgan fingerprint density at radius 1 is 0.378 bits per heavy atom. The lowest BCUT2D eigenvalue weighted by molar-refractivity contribution is 0.00704. The van der Waals surface area contributed by atoms with Crippen LogP contribution in [-0.2, 0) is 70.0 Å². The summed E-state index contributed by atoms with van der Waals surface area (Å²) in [6, 6.07) is 49.7. The number of rotatable bonds is 51. The van der Waals surface area contributed by atoms with Gasteiger partial charge < -0.3 is 58.4 Å². The van der Waals surface area contributed by atoms with Crippen LogP contribution in [0.1, 0.15) is 145 Å². The Morgan fingerprint density at radius 2 is 0.685 bits per heavy atom. The van der Waals surface area contributed by atoms with Gasteiger partial charge in [-0.3, -0.25) is 52.5 Å². The summed E-state index contributed by atoms with van der Waals surface area (Å²) in [5, 5.41) is 21.0. The van der Waals surface area contributed by atoms with Gasteiger partial charge in [-0.1, -0.05) is 155 Å². The van der Waals surface area contributed by atoms with E-state index in [0.717, 1.165) is 58.5 Å². The Labute approximate surface area is 657 Å². The molecule has 0 spiro atoms. The van der Waals surface area contributed by atoms with Crippen molar-refractivity contribution in [2.24, 2.45) is 0 Å². The minimum atomic E-state index is -3.79. The first-order chi connectivity index (χ1) is 54.2. The fraction of sp³-hybridized carbons (Fsp3) is 0.488. The standard InChI is InChI=1S/C27H36N2O5.C23H27NO8S.C20H30N2O5.C11H17N.C2H3N.CH4O/c1-2-3-13-28(22-23-9-5-4-6-10-23)14-16-32-18-20-34-21-19-33-17-15-29-26(30)24-11-7-8-12-25(24)27(29)31;1-18-6-8-19(9-7-18)33(27,28)32-17-16-31-15-14-30-13-12-29-11-10-24-22(25)20-4-2-3-5-21(20)23(24)26;1-2-3-8-21-9-11-25-13-15-27-16-14-26-12-10-22-19(23)17-6-4-5-7-18(17)20(22)24;1-2-3-9-12-10-11-7-5-4-6-8-11;1-2-3;1-2/h4-12H,2-3,13-22H2,1H3;2-9H,10-17H2,1H3;4-7,21H,2-3,8-16H2,1H3;4-8,12H,2-3,9-10H2,1H3;1H3;2H,1H3. The van der Waals surface area contributed by atoms with Gasteiger partial charge in [-0.25, -0.2) is 0 Å². The lowest BCUT2D eigenvalue weighted by Gasteiger charge is -2.22. The number of nitriles is 1. The molecule has 0 fully saturated rings. The topological polar surface area (TPSA) is 310 Å². The lowest BCUT2D eigenvalue weighted by Crippen LogP contribution is -2.33. The zero-order valence-corrected chi connectivity index (χ0v) is 66.5. The summed E-state index contributed by atoms with van der Waals surface area (Å²) in [5.41, 5.74) is 6.35. The number of hydrogen-bond acceptors (Lipinski definition) is 23. The van der Waals surface area contributed by atoms with E-state index >= 15 is 0 Å². The Hall–Kier alpha value is -8.38. The van der Waals surface area contributed by atoms with Crippen LogP contribution in [0.3, 0.4) is 0 Å². The summed E-state index contributed by atoms with van der Waals surface area (Å²) < 4.78 is 78.2. The van der Waals surface area contributed by atoms with E-state index in [1.807, 2.05) is 13.0 Å². The number of aryl methyl sites for hydroxylation is 1. The largest absolute Gasteiger partial charge is 0.400 e. The summed E-state index contributed by atoms with van der Waals surface area (Å²) in [7, 11) is -2.79. The fourth-order valence-corrected chi connectivity index (χ4v) is 11.7. The second kappa shape index (κ2) is 59.4. The average molecular weight is 1560 g/mol. The van der Waals surface area contributed by atoms with Gasteiger partial charge in [0.25, 0.3) is 45.6 Å². The molecule has 0 atom stereocenters. The third-order valence-corrected chi connectivity index (χ3v) is 18.0. The van der Waals surface area contributed by atoms with E-state index < -0.39 is 10.1 Å². The summed E-state index contributed by atoms with van der Waals surface area (Å²) >= 11 is 0. The Morgan fingerprint density at radius 3 is 1.05 bits per heavy atom. The first kappa shape index (κ1) is 95.0. The Bertz CT molecular complexity index is 3620. The summed E-state index contributed by atoms with van der Waals surface area (Å²) in [6.07, 6.45) is 7.29. The molecular formula is C84H117N7O19S. The van der Waals surface area contributed by atoms with Crippen molar-refractivity contribution in [3.8, 4) is 6.07 Å². The zero-order valence-electron chi connectivity index (χ0n) is 65.7. The highest BCUT2D eigenvalue weighted by molar-refractivity contribution is 7.86. The molecule has 0 saturated heterocycles. The molecule has 0 unspecified atom stereocenters. The molecule has 3 aliphatic rings. The minimum absolute atomic E-state index is 0.0862. The van der Waals surface area contributed by atoms with Crippen molar-refractivity contribution < 1.29 is 89.1 Å². The number of benzene rings is 6. The maximum atomic E-state index is 12.3. The second-order valence-electron chi connectivity index (χ2n) is 25.0. The van der Waals surface area contributed by atoms with Crippen LogP contribution in [0.25, 0.3) is 0 Å². The molecule has 0 saturated carbocycles. The molecular weight excluding hydrogens is 1440 g/mol. The van der Waals surface area contributed by atoms with Crippen LogP contribution in [0.15, 0.2) is 163 Å². The number of aliphatic hydroxyl groups is 1. The third-order valence-electron chi connectivity index (χ3n) is 16.7. The molecule has 9 rings (SSSR count). The van der Waals surface area contributed by atoms with Gasteiger partial charge in [0.05, 0.1) is 190 Å². The summed E-state index contributed by atoms with van der Waals surface area (Å²) in [4.78, 5) is 79.6. The van der Waals surface area contributed by atoms with Crippen molar-refractivity contribution in [2.45, 2.75) is 91.1 Å². The molecule has 0 aromatic heterocycles. The zero-order chi connectivity index (χ0) is 80.4. The van der Waals surface area contributed by atoms with Crippen molar-refractivity contribution in [3.05, 3.63) is 208 Å². The van der Waals surface area contributed by atoms with E-state index in [4.69, 9.17) is 57.2 Å². The summed E-state index contributed by atoms with van der Waals surface area (Å²) in [6.45, 7) is 24.8. The first-order valence-corrected chi connectivity index (χ1v) is 39.6. The minimum Gasteiger partial charge on any atom is -0.400 e. The number of hydrogen-bond donors (Lipinski definition) is 3. The van der Waals surface area contributed by atoms with Crippen LogP contribution in [0.2, 0.25) is 0 Å². The number of aliphatic hydroxyl groups excluding tert-OH is 1. The van der Waals surface area contributed by atoms with E-state index in [-0.39, 0.29) is 86.4 Å². The second-order valence-corrected chi connectivity index (χ2v) is 26.6. The van der Waals surface area contributed by atoms with Crippen LogP contribution in [0.5, 0.6) is 0 Å². The molecule has 608 valence electrons. The summed E-state index contributed by atoms with van der Waals surface area (Å²) in [5.74, 6) is -1.62. The monoisotopic (exact) mass is 1560 g/mol. The molecule has 111 heavy (non-hydrogen) atoms. The van der Waals surface area contributed by atoms with Gasteiger partial charge in [-0.05, 0) is 105 Å². The van der Waals surface area contributed by atoms with Crippen molar-refractivity contribution in [1.82, 2.24) is 30.2 Å². The maximum Gasteiger partial charge on any atom is 0.297 e. The van der Waals surface area contributed by atoms with Crippen molar-refractivity contribution in [2.75, 3.05) is 185 Å². The number of imide groups is 3. The van der Waals surface area contributed by atoms with Crippen LogP contribution in [0, 0.1) is 18.3 Å². The maximum absolute atomic E-state index is 12.3. The number of carbonyl (C=O) groups is 6. The van der Waals surface area contributed by atoms with E-state index in [0.29, 0.717) is 132 Å². The Balaban J connectivity index is 0.000000319. The number of nitrogens with zero attached hydrogens (tertiary/aromatic N) is 5.